The molecule has 0 aliphatic rings. The number of esters is 1. The fraction of sp³-hybridized carbons (Fsp3) is 0.250. The Morgan fingerprint density at radius 1 is 1.12 bits per heavy atom. The Bertz CT molecular complexity index is 1240. The summed E-state index contributed by atoms with van der Waals surface area (Å²) in [6.45, 7) is 0.977. The summed E-state index contributed by atoms with van der Waals surface area (Å²) in [5.41, 5.74) is 2.25. The number of methoxy groups -OCH3 is 1. The lowest BCUT2D eigenvalue weighted by Gasteiger charge is -2.12. The molecule has 0 atom stereocenters. The van der Waals surface area contributed by atoms with Crippen molar-refractivity contribution in [3.05, 3.63) is 98.8 Å². The predicted octanol–water partition coefficient (Wildman–Crippen LogP) is 3.08. The molecule has 4 aromatic rings. The average Bonchev–Trinajstić information content (AvgIpc) is 3.50. The normalized spacial score (nSPS) is 11.0. The second kappa shape index (κ2) is 11.1. The fourth-order valence-electron chi connectivity index (χ4n) is 3.52. The molecule has 34 heavy (non-hydrogen) atoms. The number of hydrogen-bond acceptors (Lipinski definition) is 8. The number of nitrogens with zero attached hydrogens (tertiary/aromatic N) is 4. The van der Waals surface area contributed by atoms with Gasteiger partial charge in [0.05, 0.1) is 43.8 Å². The number of halogens is 1. The number of aliphatic hydroxyl groups is 1. The molecule has 0 aliphatic heterocycles. The Morgan fingerprint density at radius 2 is 1.88 bits per heavy atom. The van der Waals surface area contributed by atoms with Gasteiger partial charge in [0.25, 0.3) is 0 Å². The molecule has 3 aromatic heterocycles. The molecule has 176 valence electrons. The van der Waals surface area contributed by atoms with Gasteiger partial charge in [-0.15, -0.1) is 21.5 Å². The Hall–Kier alpha value is -3.47. The quantitative estimate of drug-likeness (QED) is 0.336. The zero-order valence-corrected chi connectivity index (χ0v) is 19.4. The van der Waals surface area contributed by atoms with Gasteiger partial charge in [0, 0.05) is 17.8 Å². The first kappa shape index (κ1) is 23.7. The van der Waals surface area contributed by atoms with E-state index in [4.69, 9.17) is 4.74 Å². The first-order valence-corrected chi connectivity index (χ1v) is 11.5. The molecule has 1 aromatic carbocycles. The average molecular weight is 482 g/mol. The molecule has 3 heterocycles. The third-order valence-electron chi connectivity index (χ3n) is 5.17. The van der Waals surface area contributed by atoms with Crippen molar-refractivity contribution in [2.24, 2.45) is 0 Å². The highest BCUT2D eigenvalue weighted by atomic mass is 32.1. The molecule has 0 aliphatic carbocycles. The number of carbonyl (C=O) groups is 1. The Kier molecular flexibility index (Phi) is 7.73. The lowest BCUT2D eigenvalue weighted by Crippen LogP contribution is -2.19. The minimum absolute atomic E-state index is 0.280. The van der Waals surface area contributed by atoms with Crippen molar-refractivity contribution < 1.29 is 19.0 Å². The van der Waals surface area contributed by atoms with E-state index in [0.29, 0.717) is 43.0 Å². The van der Waals surface area contributed by atoms with Gasteiger partial charge < -0.3 is 19.7 Å². The molecule has 0 spiro atoms. The largest absolute Gasteiger partial charge is 0.465 e. The second-order valence-corrected chi connectivity index (χ2v) is 8.63. The molecule has 10 heteroatoms. The van der Waals surface area contributed by atoms with Crippen LogP contribution < -0.4 is 5.32 Å². The van der Waals surface area contributed by atoms with Crippen LogP contribution in [0.25, 0.3) is 0 Å². The highest BCUT2D eigenvalue weighted by Gasteiger charge is 2.15. The predicted molar refractivity (Wildman–Crippen MR) is 125 cm³/mol. The van der Waals surface area contributed by atoms with Crippen molar-refractivity contribution in [2.45, 2.75) is 32.7 Å². The van der Waals surface area contributed by atoms with Crippen LogP contribution in [0.4, 0.5) is 4.39 Å². The van der Waals surface area contributed by atoms with E-state index in [1.54, 1.807) is 29.5 Å². The molecule has 4 rings (SSSR count). The van der Waals surface area contributed by atoms with Gasteiger partial charge in [0.2, 0.25) is 0 Å². The van der Waals surface area contributed by atoms with Crippen LogP contribution in [-0.4, -0.2) is 37.9 Å². The standard InChI is InChI=1S/C24H24FN5O3S/c1-33-24(32)17-9-19(27-20(10-17)15-31)12-26-13-23-29-28-22(11-21-3-2-8-34-21)30(23)14-16-4-6-18(25)7-5-16/h2-10,26,31H,11-15H2,1H3. The van der Waals surface area contributed by atoms with Crippen LogP contribution in [0, 0.1) is 5.82 Å². The molecule has 8 nitrogen and oxygen atoms in total. The highest BCUT2D eigenvalue weighted by Crippen LogP contribution is 2.17. The minimum atomic E-state index is -0.490. The first-order valence-electron chi connectivity index (χ1n) is 10.6. The fourth-order valence-corrected chi connectivity index (χ4v) is 4.22. The van der Waals surface area contributed by atoms with Gasteiger partial charge in [-0.2, -0.15) is 0 Å². The number of aromatic nitrogens is 4. The van der Waals surface area contributed by atoms with E-state index >= 15 is 0 Å². The van der Waals surface area contributed by atoms with Crippen LogP contribution in [0.1, 0.15) is 43.8 Å². The van der Waals surface area contributed by atoms with E-state index < -0.39 is 5.97 Å². The summed E-state index contributed by atoms with van der Waals surface area (Å²) in [4.78, 5) is 17.4. The van der Waals surface area contributed by atoms with Crippen LogP contribution in [0.5, 0.6) is 0 Å². The summed E-state index contributed by atoms with van der Waals surface area (Å²) in [5.74, 6) is 0.770. The van der Waals surface area contributed by atoms with E-state index in [-0.39, 0.29) is 12.4 Å². The van der Waals surface area contributed by atoms with Crippen LogP contribution in [0.2, 0.25) is 0 Å². The number of nitrogens with one attached hydrogen (secondary N) is 1. The van der Waals surface area contributed by atoms with E-state index in [1.165, 1.54) is 30.2 Å². The molecule has 0 saturated heterocycles. The zero-order chi connectivity index (χ0) is 23.9. The van der Waals surface area contributed by atoms with Crippen molar-refractivity contribution in [1.29, 1.82) is 0 Å². The van der Waals surface area contributed by atoms with Crippen LogP contribution in [0.15, 0.2) is 53.9 Å². The number of ether oxygens (including phenoxy) is 1. The van der Waals surface area contributed by atoms with Gasteiger partial charge in [0.15, 0.2) is 0 Å². The van der Waals surface area contributed by atoms with Gasteiger partial charge in [-0.1, -0.05) is 18.2 Å². The Labute approximate surface area is 200 Å². The van der Waals surface area contributed by atoms with Crippen LogP contribution >= 0.6 is 11.3 Å². The Balaban J connectivity index is 1.51. The van der Waals surface area contributed by atoms with Gasteiger partial charge in [-0.3, -0.25) is 4.98 Å². The van der Waals surface area contributed by atoms with Gasteiger partial charge in [-0.25, -0.2) is 9.18 Å². The third-order valence-corrected chi connectivity index (χ3v) is 6.05. The van der Waals surface area contributed by atoms with E-state index in [1.807, 2.05) is 16.0 Å². The Morgan fingerprint density at radius 3 is 2.59 bits per heavy atom. The number of hydrogen-bond donors (Lipinski definition) is 2. The lowest BCUT2D eigenvalue weighted by atomic mass is 10.2. The summed E-state index contributed by atoms with van der Waals surface area (Å²) in [7, 11) is 1.31. The number of aliphatic hydroxyl groups excluding tert-OH is 1. The van der Waals surface area contributed by atoms with Crippen molar-refractivity contribution in [3.63, 3.8) is 0 Å². The smallest absolute Gasteiger partial charge is 0.337 e. The number of pyridine rings is 1. The molecular formula is C24H24FN5O3S. The maximum atomic E-state index is 13.4. The van der Waals surface area contributed by atoms with Crippen molar-refractivity contribution in [2.75, 3.05) is 7.11 Å². The molecule has 0 bridgehead atoms. The number of thiophene rings is 1. The second-order valence-electron chi connectivity index (χ2n) is 7.59. The summed E-state index contributed by atoms with van der Waals surface area (Å²) >= 11 is 1.66. The number of benzene rings is 1. The SMILES string of the molecule is COC(=O)c1cc(CO)nc(CNCc2nnc(Cc3cccs3)n2Cc2ccc(F)cc2)c1. The monoisotopic (exact) mass is 481 g/mol. The third kappa shape index (κ3) is 5.90. The summed E-state index contributed by atoms with van der Waals surface area (Å²) in [6, 6.07) is 13.6. The molecule has 0 radical (unpaired) electrons. The maximum absolute atomic E-state index is 13.4. The summed E-state index contributed by atoms with van der Waals surface area (Å²) in [6.07, 6.45) is 0.647. The number of rotatable bonds is 10. The first-order chi connectivity index (χ1) is 16.6. The molecule has 0 saturated carbocycles. The van der Waals surface area contributed by atoms with Gasteiger partial charge >= 0.3 is 5.97 Å². The van der Waals surface area contributed by atoms with Crippen LogP contribution in [-0.2, 0) is 37.4 Å². The molecule has 0 amide bonds. The molecular weight excluding hydrogens is 457 g/mol. The maximum Gasteiger partial charge on any atom is 0.337 e. The highest BCUT2D eigenvalue weighted by molar-refractivity contribution is 7.09. The van der Waals surface area contributed by atoms with E-state index in [0.717, 1.165) is 17.2 Å². The minimum Gasteiger partial charge on any atom is -0.465 e. The van der Waals surface area contributed by atoms with Crippen molar-refractivity contribution in [1.82, 2.24) is 25.1 Å². The van der Waals surface area contributed by atoms with Gasteiger partial charge in [0.1, 0.15) is 17.5 Å². The summed E-state index contributed by atoms with van der Waals surface area (Å²) < 4.78 is 20.2. The van der Waals surface area contributed by atoms with Crippen molar-refractivity contribution in [3.8, 4) is 0 Å². The number of carbonyl (C=O) groups excluding carboxylic acids is 1. The lowest BCUT2D eigenvalue weighted by molar-refractivity contribution is 0.0600. The van der Waals surface area contributed by atoms with Crippen molar-refractivity contribution >= 4 is 17.3 Å². The zero-order valence-electron chi connectivity index (χ0n) is 18.6. The van der Waals surface area contributed by atoms with Crippen LogP contribution in [0.3, 0.4) is 0 Å². The topological polar surface area (TPSA) is 102 Å². The molecule has 0 fully saturated rings. The summed E-state index contributed by atoms with van der Waals surface area (Å²) in [5, 5.41) is 23.6. The van der Waals surface area contributed by atoms with Gasteiger partial charge in [-0.05, 0) is 41.3 Å². The van der Waals surface area contributed by atoms with E-state index in [2.05, 4.69) is 26.6 Å². The van der Waals surface area contributed by atoms with E-state index in [9.17, 15) is 14.3 Å². The molecule has 0 unspecified atom stereocenters. The molecule has 2 N–H and O–H groups in total.